The molecule has 1 amide bonds. The maximum Gasteiger partial charge on any atom is 0.251 e. The summed E-state index contributed by atoms with van der Waals surface area (Å²) in [6.45, 7) is 4.90. The van der Waals surface area contributed by atoms with Crippen LogP contribution >= 0.6 is 0 Å². The topological polar surface area (TPSA) is 90.4 Å². The number of pyridine rings is 1. The summed E-state index contributed by atoms with van der Waals surface area (Å²) in [7, 11) is 1.64. The summed E-state index contributed by atoms with van der Waals surface area (Å²) in [6, 6.07) is 19.8. The smallest absolute Gasteiger partial charge is 0.251 e. The van der Waals surface area contributed by atoms with Crippen molar-refractivity contribution in [2.45, 2.75) is 13.3 Å². The third-order valence-electron chi connectivity index (χ3n) is 4.75. The largest absolute Gasteiger partial charge is 0.368 e. The van der Waals surface area contributed by atoms with E-state index in [2.05, 4.69) is 43.4 Å². The van der Waals surface area contributed by atoms with E-state index in [1.807, 2.05) is 55.5 Å². The molecule has 4 N–H and O–H groups in total. The Morgan fingerprint density at radius 1 is 1.00 bits per heavy atom. The number of hydrogen-bond acceptors (Lipinski definition) is 4. The van der Waals surface area contributed by atoms with E-state index in [0.29, 0.717) is 18.7 Å². The Morgan fingerprint density at radius 3 is 2.71 bits per heavy atom. The molecule has 31 heavy (non-hydrogen) atoms. The van der Waals surface area contributed by atoms with Gasteiger partial charge in [-0.2, -0.15) is 0 Å². The van der Waals surface area contributed by atoms with Gasteiger partial charge in [0.1, 0.15) is 5.82 Å². The zero-order chi connectivity index (χ0) is 21.9. The number of benzene rings is 2. The van der Waals surface area contributed by atoms with Crippen LogP contribution in [0.1, 0.15) is 22.8 Å². The first kappa shape index (κ1) is 22.1. The number of aliphatic imine (C=N–C) groups is 1. The monoisotopic (exact) mass is 418 g/mol. The van der Waals surface area contributed by atoms with Crippen LogP contribution in [0, 0.1) is 0 Å². The number of amides is 1. The minimum absolute atomic E-state index is 0.0752. The van der Waals surface area contributed by atoms with E-state index in [4.69, 9.17) is 0 Å². The molecule has 7 nitrogen and oxygen atoms in total. The van der Waals surface area contributed by atoms with Crippen molar-refractivity contribution in [2.75, 3.05) is 38.5 Å². The molecule has 7 heteroatoms. The fraction of sp³-hybridized carbons (Fsp3) is 0.292. The first-order chi connectivity index (χ1) is 15.2. The van der Waals surface area contributed by atoms with Crippen molar-refractivity contribution in [1.82, 2.24) is 20.9 Å². The molecule has 0 saturated heterocycles. The van der Waals surface area contributed by atoms with Crippen molar-refractivity contribution in [2.24, 2.45) is 4.99 Å². The molecule has 162 valence electrons. The summed E-state index contributed by atoms with van der Waals surface area (Å²) >= 11 is 0. The summed E-state index contributed by atoms with van der Waals surface area (Å²) < 4.78 is 0. The predicted molar refractivity (Wildman–Crippen MR) is 128 cm³/mol. The standard InChI is InChI=1S/C24H30N6O/c1-3-26-24(28-14-13-18-7-6-9-20(17-18)23(31)25-2)29-16-15-27-22-12-11-19-8-4-5-10-21(19)30-22/h4-12,17H,3,13-16H2,1-2H3,(H,25,31)(H,27,30)(H2,26,28,29). The van der Waals surface area contributed by atoms with Crippen LogP contribution < -0.4 is 21.3 Å². The van der Waals surface area contributed by atoms with E-state index in [0.717, 1.165) is 47.8 Å². The van der Waals surface area contributed by atoms with E-state index >= 15 is 0 Å². The normalized spacial score (nSPS) is 11.2. The van der Waals surface area contributed by atoms with Crippen molar-refractivity contribution < 1.29 is 4.79 Å². The molecular weight excluding hydrogens is 388 g/mol. The Balaban J connectivity index is 1.47. The maximum atomic E-state index is 11.8. The fourth-order valence-corrected chi connectivity index (χ4v) is 3.19. The van der Waals surface area contributed by atoms with Crippen LogP contribution in [0.25, 0.3) is 10.9 Å². The molecule has 1 heterocycles. The van der Waals surface area contributed by atoms with Gasteiger partial charge in [0, 0.05) is 44.2 Å². The van der Waals surface area contributed by atoms with Gasteiger partial charge in [0.15, 0.2) is 5.96 Å². The Bertz CT molecular complexity index is 1030. The first-order valence-electron chi connectivity index (χ1n) is 10.6. The molecule has 0 saturated carbocycles. The van der Waals surface area contributed by atoms with Gasteiger partial charge >= 0.3 is 0 Å². The molecule has 0 aliphatic rings. The van der Waals surface area contributed by atoms with Crippen molar-refractivity contribution in [3.63, 3.8) is 0 Å². The molecule has 3 aromatic rings. The Morgan fingerprint density at radius 2 is 1.87 bits per heavy atom. The molecule has 0 bridgehead atoms. The number of para-hydroxylation sites is 1. The van der Waals surface area contributed by atoms with Crippen molar-refractivity contribution in [3.8, 4) is 0 Å². The van der Waals surface area contributed by atoms with Crippen LogP contribution in [0.3, 0.4) is 0 Å². The van der Waals surface area contributed by atoms with Gasteiger partial charge in [0.05, 0.1) is 5.52 Å². The van der Waals surface area contributed by atoms with Gasteiger partial charge in [0.25, 0.3) is 5.91 Å². The molecule has 0 radical (unpaired) electrons. The molecule has 3 rings (SSSR count). The predicted octanol–water partition coefficient (Wildman–Crippen LogP) is 2.80. The van der Waals surface area contributed by atoms with Crippen LogP contribution in [-0.2, 0) is 6.42 Å². The third kappa shape index (κ3) is 6.70. The summed E-state index contributed by atoms with van der Waals surface area (Å²) in [4.78, 5) is 21.0. The maximum absolute atomic E-state index is 11.8. The zero-order valence-corrected chi connectivity index (χ0v) is 18.1. The molecule has 0 aliphatic heterocycles. The minimum Gasteiger partial charge on any atom is -0.368 e. The van der Waals surface area contributed by atoms with Gasteiger partial charge in [-0.25, -0.2) is 4.98 Å². The second kappa shape index (κ2) is 11.5. The number of rotatable bonds is 9. The lowest BCUT2D eigenvalue weighted by atomic mass is 10.1. The molecule has 0 atom stereocenters. The molecule has 0 aliphatic carbocycles. The Hall–Kier alpha value is -3.61. The summed E-state index contributed by atoms with van der Waals surface area (Å²) in [5.41, 5.74) is 2.74. The number of hydrogen-bond donors (Lipinski definition) is 4. The number of nitrogens with one attached hydrogen (secondary N) is 4. The number of carbonyl (C=O) groups is 1. The van der Waals surface area contributed by atoms with E-state index in [1.165, 1.54) is 0 Å². The first-order valence-corrected chi connectivity index (χ1v) is 10.6. The summed E-state index contributed by atoms with van der Waals surface area (Å²) in [5.74, 6) is 1.56. The fourth-order valence-electron chi connectivity index (χ4n) is 3.19. The highest BCUT2D eigenvalue weighted by Gasteiger charge is 2.04. The zero-order valence-electron chi connectivity index (χ0n) is 18.1. The molecule has 1 aromatic heterocycles. The number of guanidine groups is 1. The number of nitrogens with zero attached hydrogens (tertiary/aromatic N) is 2. The van der Waals surface area contributed by atoms with Crippen LogP contribution in [0.4, 0.5) is 5.82 Å². The van der Waals surface area contributed by atoms with E-state index in [1.54, 1.807) is 7.05 Å². The summed E-state index contributed by atoms with van der Waals surface area (Å²) in [5, 5.41) is 13.7. The lowest BCUT2D eigenvalue weighted by Gasteiger charge is -2.12. The number of carbonyl (C=O) groups excluding carboxylic acids is 1. The van der Waals surface area contributed by atoms with Crippen molar-refractivity contribution >= 4 is 28.6 Å². The van der Waals surface area contributed by atoms with Gasteiger partial charge < -0.3 is 21.3 Å². The number of fused-ring (bicyclic) bond motifs is 1. The van der Waals surface area contributed by atoms with Crippen LogP contribution in [0.2, 0.25) is 0 Å². The molecule has 0 fully saturated rings. The number of anilines is 1. The molecule has 2 aromatic carbocycles. The van der Waals surface area contributed by atoms with E-state index in [9.17, 15) is 4.79 Å². The molecule has 0 unspecified atom stereocenters. The van der Waals surface area contributed by atoms with Gasteiger partial charge in [-0.1, -0.05) is 30.3 Å². The Labute approximate surface area is 183 Å². The van der Waals surface area contributed by atoms with Gasteiger partial charge in [-0.3, -0.25) is 9.79 Å². The number of aromatic nitrogens is 1. The molecule has 0 spiro atoms. The van der Waals surface area contributed by atoms with Crippen molar-refractivity contribution in [3.05, 3.63) is 71.8 Å². The van der Waals surface area contributed by atoms with Gasteiger partial charge in [-0.15, -0.1) is 0 Å². The average Bonchev–Trinajstić information content (AvgIpc) is 2.81. The highest BCUT2D eigenvalue weighted by molar-refractivity contribution is 5.94. The van der Waals surface area contributed by atoms with Crippen LogP contribution in [-0.4, -0.2) is 50.1 Å². The lowest BCUT2D eigenvalue weighted by molar-refractivity contribution is 0.0963. The summed E-state index contributed by atoms with van der Waals surface area (Å²) in [6.07, 6.45) is 0.765. The average molecular weight is 419 g/mol. The SMILES string of the molecule is CCNC(=NCCc1cccc(C(=O)NC)c1)NCCNc1ccc2ccccc2n1. The minimum atomic E-state index is -0.0752. The second-order valence-corrected chi connectivity index (χ2v) is 7.03. The second-order valence-electron chi connectivity index (χ2n) is 7.03. The van der Waals surface area contributed by atoms with Gasteiger partial charge in [-0.05, 0) is 49.2 Å². The third-order valence-corrected chi connectivity index (χ3v) is 4.75. The van der Waals surface area contributed by atoms with Gasteiger partial charge in [0.2, 0.25) is 0 Å². The van der Waals surface area contributed by atoms with E-state index < -0.39 is 0 Å². The quantitative estimate of drug-likeness (QED) is 0.244. The van der Waals surface area contributed by atoms with E-state index in [-0.39, 0.29) is 5.91 Å². The molecular formula is C24H30N6O. The van der Waals surface area contributed by atoms with Crippen molar-refractivity contribution in [1.29, 1.82) is 0 Å². The highest BCUT2D eigenvalue weighted by atomic mass is 16.1. The highest BCUT2D eigenvalue weighted by Crippen LogP contribution is 2.14. The van der Waals surface area contributed by atoms with Crippen LogP contribution in [0.5, 0.6) is 0 Å². The lowest BCUT2D eigenvalue weighted by Crippen LogP contribution is -2.39. The van der Waals surface area contributed by atoms with Crippen LogP contribution in [0.15, 0.2) is 65.7 Å². The Kier molecular flexibility index (Phi) is 8.22.